The van der Waals surface area contributed by atoms with Crippen molar-refractivity contribution in [2.45, 2.75) is 31.6 Å². The SMILES string of the molecule is COc1ccc([C@H]2CC(=O)C[C@H](c3ccccc3Cl)[C@@]23C(=O)N(c2ccccc2)N=C3C)cc1. The van der Waals surface area contributed by atoms with Crippen molar-refractivity contribution in [3.63, 3.8) is 0 Å². The van der Waals surface area contributed by atoms with Crippen LogP contribution in [0.25, 0.3) is 0 Å². The Kier molecular flexibility index (Phi) is 5.74. The molecule has 0 radical (unpaired) electrons. The van der Waals surface area contributed by atoms with E-state index in [1.807, 2.05) is 85.8 Å². The van der Waals surface area contributed by atoms with Crippen LogP contribution in [0.15, 0.2) is 84.0 Å². The number of halogens is 1. The van der Waals surface area contributed by atoms with E-state index in [2.05, 4.69) is 0 Å². The lowest BCUT2D eigenvalue weighted by molar-refractivity contribution is -0.131. The van der Waals surface area contributed by atoms with E-state index in [0.717, 1.165) is 16.9 Å². The number of carbonyl (C=O) groups is 2. The minimum Gasteiger partial charge on any atom is -0.497 e. The van der Waals surface area contributed by atoms with E-state index in [1.54, 1.807) is 7.11 Å². The summed E-state index contributed by atoms with van der Waals surface area (Å²) in [6.07, 6.45) is 0.492. The van der Waals surface area contributed by atoms with E-state index in [1.165, 1.54) is 5.01 Å². The molecular weight excluding hydrogens is 448 g/mol. The number of para-hydroxylation sites is 1. The van der Waals surface area contributed by atoms with Crippen LogP contribution in [0, 0.1) is 5.41 Å². The maximum Gasteiger partial charge on any atom is 0.260 e. The normalized spacial score (nSPS) is 24.4. The van der Waals surface area contributed by atoms with Crippen LogP contribution in [0.4, 0.5) is 5.69 Å². The average molecular weight is 473 g/mol. The Labute approximate surface area is 204 Å². The second kappa shape index (κ2) is 8.73. The molecule has 1 aliphatic heterocycles. The molecule has 1 spiro atoms. The molecule has 1 heterocycles. The van der Waals surface area contributed by atoms with Gasteiger partial charge in [0.2, 0.25) is 0 Å². The van der Waals surface area contributed by atoms with Crippen molar-refractivity contribution in [3.05, 3.63) is 95.0 Å². The predicted octanol–water partition coefficient (Wildman–Crippen LogP) is 5.99. The van der Waals surface area contributed by atoms with Crippen molar-refractivity contribution in [1.82, 2.24) is 0 Å². The smallest absolute Gasteiger partial charge is 0.260 e. The fourth-order valence-corrected chi connectivity index (χ4v) is 5.86. The molecule has 0 aromatic heterocycles. The van der Waals surface area contributed by atoms with Gasteiger partial charge in [-0.25, -0.2) is 0 Å². The molecule has 0 bridgehead atoms. The van der Waals surface area contributed by atoms with Gasteiger partial charge in [-0.05, 0) is 48.4 Å². The Balaban J connectivity index is 1.73. The molecule has 0 N–H and O–H groups in total. The molecule has 5 nitrogen and oxygen atoms in total. The highest BCUT2D eigenvalue weighted by atomic mass is 35.5. The Morgan fingerprint density at radius 3 is 2.24 bits per heavy atom. The summed E-state index contributed by atoms with van der Waals surface area (Å²) in [4.78, 5) is 27.6. The van der Waals surface area contributed by atoms with E-state index in [9.17, 15) is 9.59 Å². The van der Waals surface area contributed by atoms with Gasteiger partial charge in [0.1, 0.15) is 16.9 Å². The van der Waals surface area contributed by atoms with E-state index in [4.69, 9.17) is 21.4 Å². The van der Waals surface area contributed by atoms with E-state index >= 15 is 0 Å². The van der Waals surface area contributed by atoms with Crippen LogP contribution in [0.2, 0.25) is 5.02 Å². The largest absolute Gasteiger partial charge is 0.497 e. The number of anilines is 1. The Hall–Kier alpha value is -3.44. The highest BCUT2D eigenvalue weighted by Gasteiger charge is 2.62. The van der Waals surface area contributed by atoms with E-state index in [0.29, 0.717) is 16.4 Å². The quantitative estimate of drug-likeness (QED) is 0.468. The molecule has 0 unspecified atom stereocenters. The van der Waals surface area contributed by atoms with Gasteiger partial charge in [0.15, 0.2) is 0 Å². The van der Waals surface area contributed by atoms with Gasteiger partial charge in [-0.1, -0.05) is 60.1 Å². The number of rotatable bonds is 4. The van der Waals surface area contributed by atoms with Crippen molar-refractivity contribution in [1.29, 1.82) is 0 Å². The fourth-order valence-electron chi connectivity index (χ4n) is 5.59. The summed E-state index contributed by atoms with van der Waals surface area (Å²) < 4.78 is 5.33. The number of hydrogen-bond donors (Lipinski definition) is 0. The summed E-state index contributed by atoms with van der Waals surface area (Å²) in [6.45, 7) is 1.90. The third-order valence-electron chi connectivity index (χ3n) is 7.16. The standard InChI is InChI=1S/C28H25ClN2O3/c1-18-28(27(33)31(30-18)20-8-4-3-5-9-20)24(19-12-14-22(34-2)15-13-19)16-21(32)17-25(28)23-10-6-7-11-26(23)29/h3-15,24-25H,16-17H2,1-2H3/t24-,25-,28+/m1/s1. The fraction of sp³-hybridized carbons (Fsp3) is 0.250. The second-order valence-electron chi connectivity index (χ2n) is 8.85. The molecular formula is C28H25ClN2O3. The van der Waals surface area contributed by atoms with Crippen LogP contribution in [0.5, 0.6) is 5.75 Å². The molecule has 1 fully saturated rings. The number of ketones is 1. The van der Waals surface area contributed by atoms with Crippen molar-refractivity contribution in [3.8, 4) is 5.75 Å². The Morgan fingerprint density at radius 1 is 0.912 bits per heavy atom. The van der Waals surface area contributed by atoms with Gasteiger partial charge in [-0.2, -0.15) is 10.1 Å². The molecule has 34 heavy (non-hydrogen) atoms. The monoisotopic (exact) mass is 472 g/mol. The molecule has 2 aliphatic rings. The molecule has 1 amide bonds. The van der Waals surface area contributed by atoms with Gasteiger partial charge in [-0.15, -0.1) is 0 Å². The lowest BCUT2D eigenvalue weighted by Crippen LogP contribution is -2.52. The third-order valence-corrected chi connectivity index (χ3v) is 7.50. The van der Waals surface area contributed by atoms with Crippen molar-refractivity contribution in [2.75, 3.05) is 12.1 Å². The maximum absolute atomic E-state index is 14.4. The van der Waals surface area contributed by atoms with Gasteiger partial charge in [0, 0.05) is 29.7 Å². The molecule has 1 saturated carbocycles. The highest BCUT2D eigenvalue weighted by molar-refractivity contribution is 6.31. The molecule has 0 saturated heterocycles. The summed E-state index contributed by atoms with van der Waals surface area (Å²) in [5.41, 5.74) is 2.06. The zero-order valence-corrected chi connectivity index (χ0v) is 19.8. The third kappa shape index (κ3) is 3.43. The molecule has 172 valence electrons. The van der Waals surface area contributed by atoms with Crippen molar-refractivity contribution in [2.24, 2.45) is 10.5 Å². The topological polar surface area (TPSA) is 59.0 Å². The summed E-state index contributed by atoms with van der Waals surface area (Å²) in [5, 5.41) is 6.82. The highest BCUT2D eigenvalue weighted by Crippen LogP contribution is 2.59. The van der Waals surface area contributed by atoms with Crippen LogP contribution in [0.3, 0.4) is 0 Å². The van der Waals surface area contributed by atoms with Gasteiger partial charge in [0.25, 0.3) is 5.91 Å². The maximum atomic E-state index is 14.4. The zero-order chi connectivity index (χ0) is 23.9. The first kappa shape index (κ1) is 22.4. The number of ether oxygens (including phenoxy) is 1. The molecule has 3 aromatic rings. The molecule has 5 rings (SSSR count). The number of carbonyl (C=O) groups excluding carboxylic acids is 2. The molecule has 3 atom stereocenters. The van der Waals surface area contributed by atoms with E-state index in [-0.39, 0.29) is 30.4 Å². The number of nitrogens with zero attached hydrogens (tertiary/aromatic N) is 2. The van der Waals surface area contributed by atoms with Crippen LogP contribution in [-0.2, 0) is 9.59 Å². The average Bonchev–Trinajstić information content (AvgIpc) is 3.12. The van der Waals surface area contributed by atoms with Crippen LogP contribution < -0.4 is 9.75 Å². The summed E-state index contributed by atoms with van der Waals surface area (Å²) in [5.74, 6) is -0.119. The number of amides is 1. The summed E-state index contributed by atoms with van der Waals surface area (Å²) in [6, 6.07) is 24.5. The molecule has 1 aliphatic carbocycles. The summed E-state index contributed by atoms with van der Waals surface area (Å²) in [7, 11) is 1.61. The lowest BCUT2D eigenvalue weighted by Gasteiger charge is -2.46. The number of hydrazone groups is 1. The number of hydrogen-bond acceptors (Lipinski definition) is 4. The van der Waals surface area contributed by atoms with Crippen molar-refractivity contribution >= 4 is 34.7 Å². The Morgan fingerprint density at radius 2 is 1.56 bits per heavy atom. The van der Waals surface area contributed by atoms with Crippen LogP contribution >= 0.6 is 11.6 Å². The second-order valence-corrected chi connectivity index (χ2v) is 9.26. The number of Topliss-reactive ketones (excluding diaryl/α,β-unsaturated/α-hetero) is 1. The Bertz CT molecular complexity index is 1270. The first-order valence-corrected chi connectivity index (χ1v) is 11.7. The van der Waals surface area contributed by atoms with Gasteiger partial charge >= 0.3 is 0 Å². The van der Waals surface area contributed by atoms with Gasteiger partial charge in [-0.3, -0.25) is 9.59 Å². The van der Waals surface area contributed by atoms with Crippen molar-refractivity contribution < 1.29 is 14.3 Å². The minimum absolute atomic E-state index is 0.107. The van der Waals surface area contributed by atoms with Crippen LogP contribution in [0.1, 0.15) is 42.7 Å². The zero-order valence-electron chi connectivity index (χ0n) is 19.1. The number of methoxy groups -OCH3 is 1. The summed E-state index contributed by atoms with van der Waals surface area (Å²) >= 11 is 6.66. The lowest BCUT2D eigenvalue weighted by atomic mass is 9.54. The van der Waals surface area contributed by atoms with Gasteiger partial charge in [0.05, 0.1) is 18.5 Å². The minimum atomic E-state index is -1.04. The molecule has 3 aromatic carbocycles. The number of benzene rings is 3. The van der Waals surface area contributed by atoms with E-state index < -0.39 is 11.3 Å². The first-order chi connectivity index (χ1) is 16.5. The predicted molar refractivity (Wildman–Crippen MR) is 134 cm³/mol. The van der Waals surface area contributed by atoms with Crippen LogP contribution in [-0.4, -0.2) is 24.5 Å². The molecule has 6 heteroatoms. The first-order valence-electron chi connectivity index (χ1n) is 11.3. The van der Waals surface area contributed by atoms with Gasteiger partial charge < -0.3 is 4.74 Å².